The van der Waals surface area contributed by atoms with Gasteiger partial charge in [0.05, 0.1) is 0 Å². The molecule has 1 aromatic heterocycles. The third kappa shape index (κ3) is 3.11. The second-order valence-electron chi connectivity index (χ2n) is 7.13. The summed E-state index contributed by atoms with van der Waals surface area (Å²) in [5.74, 6) is 0.428. The van der Waals surface area contributed by atoms with E-state index in [9.17, 15) is 9.59 Å². The van der Waals surface area contributed by atoms with Crippen LogP contribution in [0.5, 0.6) is 0 Å². The van der Waals surface area contributed by atoms with E-state index in [-0.39, 0.29) is 23.6 Å². The fraction of sp³-hybridized carbons (Fsp3) is 0.450. The van der Waals surface area contributed by atoms with Gasteiger partial charge in [-0.25, -0.2) is 0 Å². The van der Waals surface area contributed by atoms with Crippen LogP contribution in [0, 0.1) is 6.92 Å². The molecule has 4 rings (SSSR count). The molecule has 1 atom stereocenters. The molecule has 2 aliphatic heterocycles. The normalized spacial score (nSPS) is 20.0. The lowest BCUT2D eigenvalue weighted by atomic mass is 10.1. The van der Waals surface area contributed by atoms with Crippen LogP contribution in [-0.2, 0) is 4.79 Å². The van der Waals surface area contributed by atoms with Gasteiger partial charge in [-0.3, -0.25) is 9.59 Å². The number of carbonyl (C=O) groups is 2. The number of aryl methyl sites for hydroxylation is 1. The molecule has 1 unspecified atom stereocenters. The fourth-order valence-electron chi connectivity index (χ4n) is 3.87. The van der Waals surface area contributed by atoms with E-state index in [0.29, 0.717) is 12.3 Å². The number of benzene rings is 1. The van der Waals surface area contributed by atoms with E-state index in [2.05, 4.69) is 5.16 Å². The van der Waals surface area contributed by atoms with Crippen LogP contribution in [0.25, 0.3) is 11.3 Å². The van der Waals surface area contributed by atoms with Crippen molar-refractivity contribution in [1.82, 2.24) is 15.0 Å². The summed E-state index contributed by atoms with van der Waals surface area (Å²) in [5.41, 5.74) is 2.27. The first-order valence-corrected chi connectivity index (χ1v) is 9.27. The van der Waals surface area contributed by atoms with Gasteiger partial charge in [-0.05, 0) is 38.7 Å². The topological polar surface area (TPSA) is 66.7 Å². The molecule has 0 aliphatic carbocycles. The van der Waals surface area contributed by atoms with Crippen LogP contribution >= 0.6 is 0 Å². The van der Waals surface area contributed by atoms with Crippen molar-refractivity contribution >= 4 is 11.8 Å². The highest BCUT2D eigenvalue weighted by Gasteiger charge is 2.38. The molecule has 2 saturated heterocycles. The first-order chi connectivity index (χ1) is 12.6. The molecule has 2 amide bonds. The third-order valence-electron chi connectivity index (χ3n) is 5.25. The van der Waals surface area contributed by atoms with E-state index >= 15 is 0 Å². The van der Waals surface area contributed by atoms with Crippen molar-refractivity contribution < 1.29 is 14.1 Å². The van der Waals surface area contributed by atoms with Crippen LogP contribution in [0.1, 0.15) is 41.7 Å². The Hall–Kier alpha value is -2.63. The Labute approximate surface area is 152 Å². The van der Waals surface area contributed by atoms with Crippen LogP contribution in [0.3, 0.4) is 0 Å². The highest BCUT2D eigenvalue weighted by molar-refractivity contribution is 5.97. The molecule has 26 heavy (non-hydrogen) atoms. The van der Waals surface area contributed by atoms with E-state index < -0.39 is 0 Å². The summed E-state index contributed by atoms with van der Waals surface area (Å²) >= 11 is 0. The number of amides is 2. The molecule has 136 valence electrons. The van der Waals surface area contributed by atoms with Crippen molar-refractivity contribution in [2.24, 2.45) is 0 Å². The van der Waals surface area contributed by atoms with Crippen LogP contribution in [0.2, 0.25) is 0 Å². The Balaban J connectivity index is 1.52. The Kier molecular flexibility index (Phi) is 4.49. The number of carbonyl (C=O) groups excluding carboxylic acids is 2. The van der Waals surface area contributed by atoms with Crippen LogP contribution < -0.4 is 0 Å². The molecule has 6 heteroatoms. The highest BCUT2D eigenvalue weighted by Crippen LogP contribution is 2.26. The van der Waals surface area contributed by atoms with Gasteiger partial charge in [0.1, 0.15) is 6.04 Å². The van der Waals surface area contributed by atoms with Gasteiger partial charge in [0.15, 0.2) is 11.5 Å². The lowest BCUT2D eigenvalue weighted by Crippen LogP contribution is -2.47. The Morgan fingerprint density at radius 2 is 1.92 bits per heavy atom. The summed E-state index contributed by atoms with van der Waals surface area (Å²) < 4.78 is 5.39. The molecule has 0 bridgehead atoms. The Bertz CT molecular complexity index is 823. The van der Waals surface area contributed by atoms with Gasteiger partial charge in [0.25, 0.3) is 5.91 Å². The van der Waals surface area contributed by atoms with Crippen LogP contribution in [0.15, 0.2) is 34.9 Å². The molecule has 3 heterocycles. The number of nitrogens with zero attached hydrogens (tertiary/aromatic N) is 3. The quantitative estimate of drug-likeness (QED) is 0.851. The van der Waals surface area contributed by atoms with E-state index in [1.807, 2.05) is 36.1 Å². The second kappa shape index (κ2) is 6.94. The monoisotopic (exact) mass is 353 g/mol. The molecule has 0 radical (unpaired) electrons. The SMILES string of the molecule is Cc1cccc(-c2cc(C(=O)N3CCCC3C(=O)N3CCCC3)no2)c1. The van der Waals surface area contributed by atoms with Crippen molar-refractivity contribution in [3.8, 4) is 11.3 Å². The molecule has 2 aromatic rings. The summed E-state index contributed by atoms with van der Waals surface area (Å²) in [4.78, 5) is 29.2. The van der Waals surface area contributed by atoms with E-state index in [4.69, 9.17) is 4.52 Å². The highest BCUT2D eigenvalue weighted by atomic mass is 16.5. The maximum absolute atomic E-state index is 12.9. The minimum Gasteiger partial charge on any atom is -0.355 e. The third-order valence-corrected chi connectivity index (χ3v) is 5.25. The van der Waals surface area contributed by atoms with E-state index in [1.165, 1.54) is 0 Å². The molecule has 0 spiro atoms. The van der Waals surface area contributed by atoms with Crippen molar-refractivity contribution in [2.75, 3.05) is 19.6 Å². The summed E-state index contributed by atoms with van der Waals surface area (Å²) in [5, 5.41) is 3.97. The minimum absolute atomic E-state index is 0.0794. The maximum Gasteiger partial charge on any atom is 0.276 e. The van der Waals surface area contributed by atoms with Gasteiger partial charge in [0, 0.05) is 31.3 Å². The Morgan fingerprint density at radius 3 is 2.69 bits per heavy atom. The van der Waals surface area contributed by atoms with Crippen molar-refractivity contribution in [3.63, 3.8) is 0 Å². The fourth-order valence-corrected chi connectivity index (χ4v) is 3.87. The van der Waals surface area contributed by atoms with Crippen LogP contribution in [0.4, 0.5) is 0 Å². The number of rotatable bonds is 3. The van der Waals surface area contributed by atoms with E-state index in [1.54, 1.807) is 11.0 Å². The lowest BCUT2D eigenvalue weighted by molar-refractivity contribution is -0.134. The summed E-state index contributed by atoms with van der Waals surface area (Å²) in [6.07, 6.45) is 3.67. The van der Waals surface area contributed by atoms with Gasteiger partial charge < -0.3 is 14.3 Å². The summed E-state index contributed by atoms with van der Waals surface area (Å²) in [6.45, 7) is 4.21. The summed E-state index contributed by atoms with van der Waals surface area (Å²) in [6, 6.07) is 9.18. The van der Waals surface area contributed by atoms with Gasteiger partial charge in [-0.15, -0.1) is 0 Å². The molecule has 2 fully saturated rings. The van der Waals surface area contributed by atoms with Crippen LogP contribution in [-0.4, -0.2) is 52.4 Å². The van der Waals surface area contributed by atoms with Gasteiger partial charge in [-0.1, -0.05) is 28.9 Å². The number of likely N-dealkylation sites (tertiary alicyclic amines) is 2. The predicted octanol–water partition coefficient (Wildman–Crippen LogP) is 2.88. The summed E-state index contributed by atoms with van der Waals surface area (Å²) in [7, 11) is 0. The standard InChI is InChI=1S/C20H23N3O3/c1-14-6-4-7-15(12-14)18-13-16(21-26-18)19(24)23-11-5-8-17(23)20(25)22-9-2-3-10-22/h4,6-7,12-13,17H,2-3,5,8-11H2,1H3. The molecular weight excluding hydrogens is 330 g/mol. The first-order valence-electron chi connectivity index (χ1n) is 9.27. The van der Waals surface area contributed by atoms with Gasteiger partial charge >= 0.3 is 0 Å². The average molecular weight is 353 g/mol. The van der Waals surface area contributed by atoms with Crippen molar-refractivity contribution in [1.29, 1.82) is 0 Å². The minimum atomic E-state index is -0.361. The van der Waals surface area contributed by atoms with Gasteiger partial charge in [-0.2, -0.15) is 0 Å². The van der Waals surface area contributed by atoms with E-state index in [0.717, 1.165) is 49.9 Å². The molecule has 0 saturated carbocycles. The van der Waals surface area contributed by atoms with Crippen molar-refractivity contribution in [3.05, 3.63) is 41.6 Å². The lowest BCUT2D eigenvalue weighted by Gasteiger charge is -2.27. The molecular formula is C20H23N3O3. The molecule has 6 nitrogen and oxygen atoms in total. The molecule has 1 aromatic carbocycles. The predicted molar refractivity (Wildman–Crippen MR) is 96.5 cm³/mol. The smallest absolute Gasteiger partial charge is 0.276 e. The number of aromatic nitrogens is 1. The number of hydrogen-bond donors (Lipinski definition) is 0. The van der Waals surface area contributed by atoms with Crippen molar-refractivity contribution in [2.45, 2.75) is 38.6 Å². The maximum atomic E-state index is 12.9. The zero-order valence-corrected chi connectivity index (χ0v) is 15.0. The second-order valence-corrected chi connectivity index (χ2v) is 7.13. The Morgan fingerprint density at radius 1 is 1.12 bits per heavy atom. The molecule has 2 aliphatic rings. The van der Waals surface area contributed by atoms with Gasteiger partial charge in [0.2, 0.25) is 5.91 Å². The first kappa shape index (κ1) is 16.8. The number of hydrogen-bond acceptors (Lipinski definition) is 4. The molecule has 0 N–H and O–H groups in total. The average Bonchev–Trinajstić information content (AvgIpc) is 3.42. The zero-order valence-electron chi connectivity index (χ0n) is 15.0. The largest absolute Gasteiger partial charge is 0.355 e. The zero-order chi connectivity index (χ0) is 18.1.